The van der Waals surface area contributed by atoms with Crippen LogP contribution in [-0.2, 0) is 0 Å². The van der Waals surface area contributed by atoms with Crippen LogP contribution in [-0.4, -0.2) is 29.1 Å². The maximum atomic E-state index is 12.5. The first-order valence-electron chi connectivity index (χ1n) is 10.1. The molecule has 1 aliphatic rings. The summed E-state index contributed by atoms with van der Waals surface area (Å²) in [6.45, 7) is 1.09. The highest BCUT2D eigenvalue weighted by molar-refractivity contribution is 6.29. The van der Waals surface area contributed by atoms with Gasteiger partial charge >= 0.3 is 0 Å². The molecule has 0 unspecified atom stereocenters. The zero-order valence-corrected chi connectivity index (χ0v) is 17.7. The smallest absolute Gasteiger partial charge is 0.257 e. The van der Waals surface area contributed by atoms with Crippen molar-refractivity contribution in [3.05, 3.63) is 89.7 Å². The summed E-state index contributed by atoms with van der Waals surface area (Å²) in [7, 11) is 0. The normalized spacial score (nSPS) is 12.3. The van der Waals surface area contributed by atoms with E-state index in [1.165, 1.54) is 6.20 Å². The Morgan fingerprint density at radius 3 is 2.38 bits per heavy atom. The van der Waals surface area contributed by atoms with Gasteiger partial charge in [0, 0.05) is 23.0 Å². The summed E-state index contributed by atoms with van der Waals surface area (Å²) in [5.41, 5.74) is 4.53. The third kappa shape index (κ3) is 4.26. The van der Waals surface area contributed by atoms with Gasteiger partial charge in [-0.3, -0.25) is 4.79 Å². The molecule has 32 heavy (non-hydrogen) atoms. The van der Waals surface area contributed by atoms with Crippen molar-refractivity contribution in [3.63, 3.8) is 0 Å². The van der Waals surface area contributed by atoms with Crippen molar-refractivity contribution in [3.8, 4) is 34.0 Å². The average molecular weight is 444 g/mol. The van der Waals surface area contributed by atoms with Crippen LogP contribution in [0.3, 0.4) is 0 Å². The minimum absolute atomic E-state index is 0.260. The van der Waals surface area contributed by atoms with Crippen LogP contribution in [0, 0.1) is 0 Å². The Labute approximate surface area is 189 Å². The van der Waals surface area contributed by atoms with Gasteiger partial charge in [-0.05, 0) is 54.6 Å². The second-order valence-corrected chi connectivity index (χ2v) is 7.56. The topological polar surface area (TPSA) is 73.3 Å². The first kappa shape index (κ1) is 20.0. The van der Waals surface area contributed by atoms with Gasteiger partial charge in [-0.15, -0.1) is 0 Å². The largest absolute Gasteiger partial charge is 0.486 e. The molecular weight excluding hydrogens is 426 g/mol. The zero-order valence-electron chi connectivity index (χ0n) is 16.9. The highest BCUT2D eigenvalue weighted by Gasteiger charge is 2.14. The molecule has 5 rings (SSSR count). The lowest BCUT2D eigenvalue weighted by Crippen LogP contribution is -2.15. The first-order chi connectivity index (χ1) is 15.7. The van der Waals surface area contributed by atoms with E-state index in [4.69, 9.17) is 26.1 Å². The van der Waals surface area contributed by atoms with Gasteiger partial charge < -0.3 is 14.8 Å². The summed E-state index contributed by atoms with van der Waals surface area (Å²) in [5.74, 6) is 1.21. The van der Waals surface area contributed by atoms with E-state index in [1.54, 1.807) is 12.1 Å². The van der Waals surface area contributed by atoms with Crippen molar-refractivity contribution in [2.24, 2.45) is 0 Å². The van der Waals surface area contributed by atoms with Crippen LogP contribution in [0.15, 0.2) is 79.0 Å². The number of ether oxygens (including phenoxy) is 2. The van der Waals surface area contributed by atoms with Gasteiger partial charge in [0.2, 0.25) is 0 Å². The Morgan fingerprint density at radius 2 is 1.59 bits per heavy atom. The van der Waals surface area contributed by atoms with Gasteiger partial charge in [-0.2, -0.15) is 0 Å². The Bertz CT molecular complexity index is 1290. The molecule has 0 atom stereocenters. The summed E-state index contributed by atoms with van der Waals surface area (Å²) in [4.78, 5) is 21.3. The van der Waals surface area contributed by atoms with Crippen LogP contribution in [0.25, 0.3) is 22.5 Å². The minimum Gasteiger partial charge on any atom is -0.486 e. The van der Waals surface area contributed by atoms with Gasteiger partial charge in [-0.25, -0.2) is 9.97 Å². The van der Waals surface area contributed by atoms with Crippen molar-refractivity contribution in [1.29, 1.82) is 0 Å². The standard InChI is InChI=1S/C25H18ClN3O3/c26-24-10-8-18(15-27-24)25(30)28-19-4-1-3-16(13-19)20-5-2-6-21(29-20)17-7-9-22-23(14-17)32-12-11-31-22/h1-10,13-15H,11-12H2,(H,28,30). The number of nitrogens with one attached hydrogen (secondary N) is 1. The van der Waals surface area contributed by atoms with E-state index in [-0.39, 0.29) is 5.91 Å². The third-order valence-corrected chi connectivity index (χ3v) is 5.22. The quantitative estimate of drug-likeness (QED) is 0.422. The summed E-state index contributed by atoms with van der Waals surface area (Å²) in [6, 6.07) is 22.4. The first-order valence-corrected chi connectivity index (χ1v) is 10.4. The lowest BCUT2D eigenvalue weighted by molar-refractivity contribution is 0.102. The zero-order chi connectivity index (χ0) is 21.9. The molecule has 2 aromatic heterocycles. The summed E-state index contributed by atoms with van der Waals surface area (Å²) in [6.07, 6.45) is 1.44. The van der Waals surface area contributed by atoms with Crippen LogP contribution in [0.5, 0.6) is 11.5 Å². The van der Waals surface area contributed by atoms with Crippen molar-refractivity contribution in [1.82, 2.24) is 9.97 Å². The molecule has 0 saturated carbocycles. The summed E-state index contributed by atoms with van der Waals surface area (Å²) < 4.78 is 11.3. The van der Waals surface area contributed by atoms with Gasteiger partial charge in [0.15, 0.2) is 11.5 Å². The lowest BCUT2D eigenvalue weighted by Gasteiger charge is -2.18. The Balaban J connectivity index is 1.40. The molecule has 6 nitrogen and oxygen atoms in total. The average Bonchev–Trinajstić information content (AvgIpc) is 2.84. The Hall–Kier alpha value is -3.90. The van der Waals surface area contributed by atoms with Gasteiger partial charge in [-0.1, -0.05) is 29.8 Å². The van der Waals surface area contributed by atoms with Gasteiger partial charge in [0.25, 0.3) is 5.91 Å². The molecule has 1 N–H and O–H groups in total. The van der Waals surface area contributed by atoms with Gasteiger partial charge in [0.05, 0.1) is 17.0 Å². The number of hydrogen-bond acceptors (Lipinski definition) is 5. The van der Waals surface area contributed by atoms with Crippen molar-refractivity contribution in [2.75, 3.05) is 18.5 Å². The van der Waals surface area contributed by atoms with Crippen LogP contribution in [0.1, 0.15) is 10.4 Å². The highest BCUT2D eigenvalue weighted by Crippen LogP contribution is 2.34. The molecule has 0 aliphatic carbocycles. The monoisotopic (exact) mass is 443 g/mol. The highest BCUT2D eigenvalue weighted by atomic mass is 35.5. The fraction of sp³-hybridized carbons (Fsp3) is 0.0800. The number of hydrogen-bond donors (Lipinski definition) is 1. The fourth-order valence-electron chi connectivity index (χ4n) is 3.43. The minimum atomic E-state index is -0.260. The molecule has 2 aromatic carbocycles. The number of nitrogens with zero attached hydrogens (tertiary/aromatic N) is 2. The molecule has 7 heteroatoms. The van der Waals surface area contributed by atoms with E-state index in [2.05, 4.69) is 10.3 Å². The molecule has 0 spiro atoms. The predicted molar refractivity (Wildman–Crippen MR) is 123 cm³/mol. The molecule has 0 radical (unpaired) electrons. The molecular formula is C25H18ClN3O3. The van der Waals surface area contributed by atoms with E-state index in [1.807, 2.05) is 60.7 Å². The maximum absolute atomic E-state index is 12.5. The number of benzene rings is 2. The van der Waals surface area contributed by atoms with Crippen LogP contribution in [0.4, 0.5) is 5.69 Å². The number of carbonyl (C=O) groups is 1. The van der Waals surface area contributed by atoms with Gasteiger partial charge in [0.1, 0.15) is 18.4 Å². The fourth-order valence-corrected chi connectivity index (χ4v) is 3.54. The van der Waals surface area contributed by atoms with Crippen molar-refractivity contribution < 1.29 is 14.3 Å². The number of aromatic nitrogens is 2. The van der Waals surface area contributed by atoms with Crippen LogP contribution >= 0.6 is 11.6 Å². The molecule has 158 valence electrons. The molecule has 1 aliphatic heterocycles. The number of carbonyl (C=O) groups excluding carboxylic acids is 1. The summed E-state index contributed by atoms with van der Waals surface area (Å²) in [5, 5.41) is 3.23. The summed E-state index contributed by atoms with van der Waals surface area (Å²) >= 11 is 5.79. The number of amides is 1. The SMILES string of the molecule is O=C(Nc1cccc(-c2cccc(-c3ccc4c(c3)OCCO4)n2)c1)c1ccc(Cl)nc1. The Kier molecular flexibility index (Phi) is 5.44. The number of fused-ring (bicyclic) bond motifs is 1. The predicted octanol–water partition coefficient (Wildman–Crippen LogP) is 5.49. The van der Waals surface area contributed by atoms with E-state index >= 15 is 0 Å². The lowest BCUT2D eigenvalue weighted by atomic mass is 10.1. The number of anilines is 1. The van der Waals surface area contributed by atoms with E-state index in [0.717, 1.165) is 34.0 Å². The molecule has 4 aromatic rings. The second kappa shape index (κ2) is 8.69. The second-order valence-electron chi connectivity index (χ2n) is 7.17. The van der Waals surface area contributed by atoms with Crippen molar-refractivity contribution >= 4 is 23.2 Å². The van der Waals surface area contributed by atoms with E-state index < -0.39 is 0 Å². The Morgan fingerprint density at radius 1 is 0.844 bits per heavy atom. The number of halogens is 1. The number of pyridine rings is 2. The third-order valence-electron chi connectivity index (χ3n) is 4.99. The van der Waals surface area contributed by atoms with Crippen molar-refractivity contribution in [2.45, 2.75) is 0 Å². The van der Waals surface area contributed by atoms with E-state index in [0.29, 0.717) is 29.6 Å². The molecule has 1 amide bonds. The molecule has 0 saturated heterocycles. The molecule has 3 heterocycles. The van der Waals surface area contributed by atoms with E-state index in [9.17, 15) is 4.79 Å². The van der Waals surface area contributed by atoms with Crippen LogP contribution < -0.4 is 14.8 Å². The molecule has 0 fully saturated rings. The maximum Gasteiger partial charge on any atom is 0.257 e. The van der Waals surface area contributed by atoms with Crippen LogP contribution in [0.2, 0.25) is 5.15 Å². The number of rotatable bonds is 4. The molecule has 0 bridgehead atoms.